The zero-order valence-electron chi connectivity index (χ0n) is 9.61. The number of halogens is 2. The third-order valence-electron chi connectivity index (χ3n) is 2.26. The summed E-state index contributed by atoms with van der Waals surface area (Å²) in [6.07, 6.45) is 0. The van der Waals surface area contributed by atoms with E-state index in [1.165, 1.54) is 23.5 Å². The minimum absolute atomic E-state index is 0.194. The zero-order valence-corrected chi connectivity index (χ0v) is 11.9. The molecule has 2 aromatic heterocycles. The summed E-state index contributed by atoms with van der Waals surface area (Å²) in [6.45, 7) is 0.404. The number of carbonyl (C=O) groups excluding carboxylic acids is 1. The molecule has 4 N–H and O–H groups in total. The summed E-state index contributed by atoms with van der Waals surface area (Å²) in [5, 5.41) is 2.96. The van der Waals surface area contributed by atoms with Gasteiger partial charge in [0.05, 0.1) is 10.9 Å². The predicted octanol–water partition coefficient (Wildman–Crippen LogP) is 2.67. The van der Waals surface area contributed by atoms with Crippen LogP contribution in [0.15, 0.2) is 24.3 Å². The van der Waals surface area contributed by atoms with Crippen molar-refractivity contribution in [2.24, 2.45) is 5.84 Å². The Balaban J connectivity index is 2.05. The summed E-state index contributed by atoms with van der Waals surface area (Å²) in [5.41, 5.74) is 2.73. The van der Waals surface area contributed by atoms with Crippen molar-refractivity contribution in [2.45, 2.75) is 6.54 Å². The van der Waals surface area contributed by atoms with E-state index in [1.54, 1.807) is 6.07 Å². The lowest BCUT2D eigenvalue weighted by atomic mass is 10.2. The summed E-state index contributed by atoms with van der Waals surface area (Å²) in [5.74, 6) is 5.31. The molecule has 0 saturated heterocycles. The van der Waals surface area contributed by atoms with Crippen molar-refractivity contribution >= 4 is 46.3 Å². The molecule has 2 rings (SSSR count). The SMILES string of the molecule is NNc1cc(C(=O)NCc2ccc(Cl)s2)cc(Cl)n1. The van der Waals surface area contributed by atoms with Crippen LogP contribution < -0.4 is 16.6 Å². The molecule has 1 amide bonds. The van der Waals surface area contributed by atoms with Gasteiger partial charge in [0.1, 0.15) is 11.0 Å². The number of hydrogen-bond acceptors (Lipinski definition) is 5. The Morgan fingerprint density at radius 3 is 2.79 bits per heavy atom. The van der Waals surface area contributed by atoms with Crippen LogP contribution in [0.1, 0.15) is 15.2 Å². The average Bonchev–Trinajstić information content (AvgIpc) is 2.81. The highest BCUT2D eigenvalue weighted by atomic mass is 35.5. The summed E-state index contributed by atoms with van der Waals surface area (Å²) in [4.78, 5) is 16.8. The lowest BCUT2D eigenvalue weighted by Crippen LogP contribution is -2.23. The Labute approximate surface area is 123 Å². The van der Waals surface area contributed by atoms with Gasteiger partial charge < -0.3 is 10.7 Å². The number of rotatable bonds is 4. The van der Waals surface area contributed by atoms with Gasteiger partial charge in [0.25, 0.3) is 5.91 Å². The molecule has 0 aliphatic rings. The van der Waals surface area contributed by atoms with E-state index in [9.17, 15) is 4.79 Å². The van der Waals surface area contributed by atoms with Crippen molar-refractivity contribution in [3.05, 3.63) is 44.2 Å². The largest absolute Gasteiger partial charge is 0.347 e. The monoisotopic (exact) mass is 316 g/mol. The molecule has 0 aliphatic heterocycles. The normalized spacial score (nSPS) is 10.3. The van der Waals surface area contributed by atoms with E-state index in [0.29, 0.717) is 22.3 Å². The average molecular weight is 317 g/mol. The van der Waals surface area contributed by atoms with Gasteiger partial charge in [-0.15, -0.1) is 11.3 Å². The van der Waals surface area contributed by atoms with Crippen molar-refractivity contribution in [2.75, 3.05) is 5.43 Å². The lowest BCUT2D eigenvalue weighted by Gasteiger charge is -2.06. The van der Waals surface area contributed by atoms with Gasteiger partial charge in [-0.25, -0.2) is 10.8 Å². The van der Waals surface area contributed by atoms with Gasteiger partial charge in [-0.2, -0.15) is 0 Å². The molecule has 0 radical (unpaired) electrons. The number of amides is 1. The molecule has 0 unspecified atom stereocenters. The van der Waals surface area contributed by atoms with E-state index in [0.717, 1.165) is 4.88 Å². The third kappa shape index (κ3) is 3.81. The highest BCUT2D eigenvalue weighted by molar-refractivity contribution is 7.16. The second-order valence-corrected chi connectivity index (χ2v) is 5.78. The molecular weight excluding hydrogens is 307 g/mol. The quantitative estimate of drug-likeness (QED) is 0.460. The van der Waals surface area contributed by atoms with Gasteiger partial charge in [-0.3, -0.25) is 4.79 Å². The van der Waals surface area contributed by atoms with Gasteiger partial charge in [0, 0.05) is 10.4 Å². The summed E-state index contributed by atoms with van der Waals surface area (Å²) < 4.78 is 0.686. The number of nitrogens with one attached hydrogen (secondary N) is 2. The van der Waals surface area contributed by atoms with Crippen LogP contribution in [0.25, 0.3) is 0 Å². The summed E-state index contributed by atoms with van der Waals surface area (Å²) >= 11 is 13.0. The molecular formula is C11H10Cl2N4OS. The first kappa shape index (κ1) is 14.1. The number of thiophene rings is 1. The number of anilines is 1. The fourth-order valence-electron chi connectivity index (χ4n) is 1.42. The molecule has 19 heavy (non-hydrogen) atoms. The first-order valence-corrected chi connectivity index (χ1v) is 6.82. The number of nitrogens with zero attached hydrogens (tertiary/aromatic N) is 1. The maximum absolute atomic E-state index is 12.0. The van der Waals surface area contributed by atoms with Crippen LogP contribution in [0.5, 0.6) is 0 Å². The molecule has 5 nitrogen and oxygen atoms in total. The van der Waals surface area contributed by atoms with Crippen LogP contribution >= 0.6 is 34.5 Å². The number of hydrazine groups is 1. The van der Waals surface area contributed by atoms with E-state index in [1.807, 2.05) is 6.07 Å². The number of nitrogen functional groups attached to an aromatic ring is 1. The number of carbonyl (C=O) groups is 1. The Hall–Kier alpha value is -1.34. The maximum Gasteiger partial charge on any atom is 0.251 e. The topological polar surface area (TPSA) is 80.0 Å². The molecule has 0 spiro atoms. The highest BCUT2D eigenvalue weighted by Crippen LogP contribution is 2.21. The molecule has 0 fully saturated rings. The van der Waals surface area contributed by atoms with Crippen LogP contribution in [-0.2, 0) is 6.54 Å². The lowest BCUT2D eigenvalue weighted by molar-refractivity contribution is 0.0951. The van der Waals surface area contributed by atoms with Crippen LogP contribution in [0.3, 0.4) is 0 Å². The van der Waals surface area contributed by atoms with E-state index >= 15 is 0 Å². The van der Waals surface area contributed by atoms with E-state index in [2.05, 4.69) is 15.7 Å². The smallest absolute Gasteiger partial charge is 0.251 e. The number of pyridine rings is 1. The van der Waals surface area contributed by atoms with E-state index in [-0.39, 0.29) is 11.1 Å². The Morgan fingerprint density at radius 2 is 2.16 bits per heavy atom. The van der Waals surface area contributed by atoms with Crippen LogP contribution in [-0.4, -0.2) is 10.9 Å². The summed E-state index contributed by atoms with van der Waals surface area (Å²) in [7, 11) is 0. The second kappa shape index (κ2) is 6.21. The van der Waals surface area contributed by atoms with Gasteiger partial charge in [0.2, 0.25) is 0 Å². The van der Waals surface area contributed by atoms with Crippen LogP contribution in [0.4, 0.5) is 5.82 Å². The second-order valence-electron chi connectivity index (χ2n) is 3.60. The molecule has 0 bridgehead atoms. The van der Waals surface area contributed by atoms with Crippen molar-refractivity contribution in [1.82, 2.24) is 10.3 Å². The van der Waals surface area contributed by atoms with Gasteiger partial charge in [-0.1, -0.05) is 23.2 Å². The van der Waals surface area contributed by atoms with Crippen LogP contribution in [0, 0.1) is 0 Å². The predicted molar refractivity (Wildman–Crippen MR) is 77.6 cm³/mol. The molecule has 0 aliphatic carbocycles. The minimum Gasteiger partial charge on any atom is -0.347 e. The number of nitrogens with two attached hydrogens (primary N) is 1. The molecule has 8 heteroatoms. The molecule has 2 heterocycles. The van der Waals surface area contributed by atoms with E-state index in [4.69, 9.17) is 29.0 Å². The van der Waals surface area contributed by atoms with Crippen LogP contribution in [0.2, 0.25) is 9.49 Å². The van der Waals surface area contributed by atoms with Gasteiger partial charge in [-0.05, 0) is 24.3 Å². The number of hydrogen-bond donors (Lipinski definition) is 3. The molecule has 0 atom stereocenters. The Morgan fingerprint density at radius 1 is 1.37 bits per heavy atom. The minimum atomic E-state index is -0.259. The maximum atomic E-state index is 12.0. The zero-order chi connectivity index (χ0) is 13.8. The third-order valence-corrected chi connectivity index (χ3v) is 3.68. The van der Waals surface area contributed by atoms with Crippen molar-refractivity contribution in [3.63, 3.8) is 0 Å². The molecule has 2 aromatic rings. The molecule has 0 saturated carbocycles. The fraction of sp³-hybridized carbons (Fsp3) is 0.0909. The first-order valence-electron chi connectivity index (χ1n) is 5.25. The van der Waals surface area contributed by atoms with Crippen molar-refractivity contribution in [3.8, 4) is 0 Å². The van der Waals surface area contributed by atoms with E-state index < -0.39 is 0 Å². The first-order chi connectivity index (χ1) is 9.08. The van der Waals surface area contributed by atoms with Gasteiger partial charge in [0.15, 0.2) is 0 Å². The number of aromatic nitrogens is 1. The van der Waals surface area contributed by atoms with Crippen molar-refractivity contribution < 1.29 is 4.79 Å². The molecule has 0 aromatic carbocycles. The Bertz CT molecular complexity index is 602. The van der Waals surface area contributed by atoms with Crippen molar-refractivity contribution in [1.29, 1.82) is 0 Å². The Kier molecular flexibility index (Phi) is 4.60. The molecule has 100 valence electrons. The fourth-order valence-corrected chi connectivity index (χ4v) is 2.65. The standard InChI is InChI=1S/C11H10Cl2N4OS/c12-8-3-6(4-10(16-8)17-14)11(18)15-5-7-1-2-9(13)19-7/h1-4H,5,14H2,(H,15,18)(H,16,17). The highest BCUT2D eigenvalue weighted by Gasteiger charge is 2.09. The van der Waals surface area contributed by atoms with Gasteiger partial charge >= 0.3 is 0 Å². The summed E-state index contributed by atoms with van der Waals surface area (Å²) in [6, 6.07) is 6.63.